The van der Waals surface area contributed by atoms with Crippen LogP contribution in [0.15, 0.2) is 36.4 Å². The van der Waals surface area contributed by atoms with E-state index < -0.39 is 17.7 Å². The predicted octanol–water partition coefficient (Wildman–Crippen LogP) is 5.80. The van der Waals surface area contributed by atoms with E-state index in [-0.39, 0.29) is 11.9 Å². The number of unbranched alkanes of at least 4 members (excludes halogenated alkanes) is 1. The van der Waals surface area contributed by atoms with Gasteiger partial charge in [-0.2, -0.15) is 13.2 Å². The molecular formula is C23H26F3NO3S. The highest BCUT2D eigenvalue weighted by Crippen LogP contribution is 2.30. The smallest absolute Gasteiger partial charge is 0.416 e. The van der Waals surface area contributed by atoms with Gasteiger partial charge < -0.3 is 10.0 Å². The second-order valence-electron chi connectivity index (χ2n) is 7.90. The number of thiophene rings is 1. The summed E-state index contributed by atoms with van der Waals surface area (Å²) < 4.78 is 38.5. The van der Waals surface area contributed by atoms with Crippen molar-refractivity contribution in [3.05, 3.63) is 57.3 Å². The van der Waals surface area contributed by atoms with Gasteiger partial charge in [0.05, 0.1) is 5.56 Å². The summed E-state index contributed by atoms with van der Waals surface area (Å²) in [6.45, 7) is 0.650. The zero-order valence-electron chi connectivity index (χ0n) is 17.2. The van der Waals surface area contributed by atoms with E-state index in [1.165, 1.54) is 23.5 Å². The van der Waals surface area contributed by atoms with Gasteiger partial charge in [-0.25, -0.2) is 4.79 Å². The summed E-state index contributed by atoms with van der Waals surface area (Å²) in [5.41, 5.74) is 0.0737. The molecular weight excluding hydrogens is 427 g/mol. The highest BCUT2D eigenvalue weighted by molar-refractivity contribution is 7.13. The van der Waals surface area contributed by atoms with Crippen LogP contribution in [0.4, 0.5) is 13.2 Å². The van der Waals surface area contributed by atoms with Crippen LogP contribution in [-0.2, 0) is 23.8 Å². The van der Waals surface area contributed by atoms with Crippen molar-refractivity contribution in [2.45, 2.75) is 63.6 Å². The Morgan fingerprint density at radius 1 is 1.13 bits per heavy atom. The standard InChI is InChI=1S/C23H26F3NO3S/c24-23(25,26)17-7-3-6-16(15-17)5-1-2-8-18-10-13-21(28)27(18)14-4-9-19-11-12-20(31-19)22(29)30/h3,6-7,11-12,15,18H,1-2,4-5,8-10,13-14H2,(H,29,30)/t18-/m0/s1. The third-order valence-electron chi connectivity index (χ3n) is 5.65. The van der Waals surface area contributed by atoms with Crippen molar-refractivity contribution in [1.29, 1.82) is 0 Å². The van der Waals surface area contributed by atoms with Crippen molar-refractivity contribution < 1.29 is 27.9 Å². The van der Waals surface area contributed by atoms with Crippen molar-refractivity contribution in [3.63, 3.8) is 0 Å². The van der Waals surface area contributed by atoms with Gasteiger partial charge in [0, 0.05) is 23.9 Å². The van der Waals surface area contributed by atoms with Gasteiger partial charge in [-0.15, -0.1) is 11.3 Å². The first-order valence-electron chi connectivity index (χ1n) is 10.5. The minimum atomic E-state index is -4.32. The number of nitrogens with zero attached hydrogens (tertiary/aromatic N) is 1. The fourth-order valence-electron chi connectivity index (χ4n) is 4.06. The first-order valence-corrected chi connectivity index (χ1v) is 11.3. The molecule has 1 atom stereocenters. The maximum absolute atomic E-state index is 12.8. The summed E-state index contributed by atoms with van der Waals surface area (Å²) in [6, 6.07) is 9.09. The number of hydrogen-bond acceptors (Lipinski definition) is 3. The zero-order valence-corrected chi connectivity index (χ0v) is 18.0. The number of aromatic carboxylic acids is 1. The molecule has 1 aliphatic heterocycles. The number of carbonyl (C=O) groups excluding carboxylic acids is 1. The molecule has 0 saturated carbocycles. The molecule has 0 spiro atoms. The molecule has 1 amide bonds. The lowest BCUT2D eigenvalue weighted by Gasteiger charge is -2.25. The van der Waals surface area contributed by atoms with Crippen molar-refractivity contribution >= 4 is 23.2 Å². The number of alkyl halides is 3. The molecule has 1 N–H and O–H groups in total. The van der Waals surface area contributed by atoms with E-state index in [1.807, 2.05) is 11.0 Å². The van der Waals surface area contributed by atoms with E-state index in [1.54, 1.807) is 12.1 Å². The lowest BCUT2D eigenvalue weighted by molar-refractivity contribution is -0.137. The van der Waals surface area contributed by atoms with Crippen LogP contribution in [0.3, 0.4) is 0 Å². The highest BCUT2D eigenvalue weighted by atomic mass is 32.1. The number of carbonyl (C=O) groups is 2. The van der Waals surface area contributed by atoms with E-state index in [4.69, 9.17) is 5.11 Å². The van der Waals surface area contributed by atoms with E-state index in [9.17, 15) is 22.8 Å². The molecule has 31 heavy (non-hydrogen) atoms. The molecule has 1 aromatic carbocycles. The molecule has 2 heterocycles. The van der Waals surface area contributed by atoms with Crippen LogP contribution in [0.2, 0.25) is 0 Å². The number of likely N-dealkylation sites (tertiary alicyclic amines) is 1. The van der Waals surface area contributed by atoms with E-state index in [0.717, 1.165) is 49.5 Å². The summed E-state index contributed by atoms with van der Waals surface area (Å²) in [4.78, 5) is 26.5. The van der Waals surface area contributed by atoms with Gasteiger partial charge in [-0.3, -0.25) is 4.79 Å². The Bertz CT molecular complexity index is 909. The SMILES string of the molecule is O=C(O)c1ccc(CCCN2C(=O)CC[C@@H]2CCCCc2cccc(C(F)(F)F)c2)s1. The molecule has 4 nitrogen and oxygen atoms in total. The topological polar surface area (TPSA) is 57.6 Å². The second kappa shape index (κ2) is 10.3. The van der Waals surface area contributed by atoms with E-state index >= 15 is 0 Å². The second-order valence-corrected chi connectivity index (χ2v) is 9.07. The van der Waals surface area contributed by atoms with Gasteiger partial charge in [0.1, 0.15) is 4.88 Å². The van der Waals surface area contributed by atoms with Crippen LogP contribution in [0.25, 0.3) is 0 Å². The third-order valence-corrected chi connectivity index (χ3v) is 6.79. The number of hydrogen-bond donors (Lipinski definition) is 1. The molecule has 1 fully saturated rings. The Labute approximate surface area is 183 Å². The fraction of sp³-hybridized carbons (Fsp3) is 0.478. The molecule has 0 aliphatic carbocycles. The molecule has 2 aromatic rings. The molecule has 8 heteroatoms. The van der Waals surface area contributed by atoms with Gasteiger partial charge in [0.15, 0.2) is 0 Å². The third kappa shape index (κ3) is 6.56. The van der Waals surface area contributed by atoms with E-state index in [2.05, 4.69) is 0 Å². The van der Waals surface area contributed by atoms with Gasteiger partial charge in [-0.05, 0) is 62.3 Å². The number of carboxylic acids is 1. The molecule has 168 valence electrons. The Morgan fingerprint density at radius 2 is 1.94 bits per heavy atom. The van der Waals surface area contributed by atoms with Crippen LogP contribution < -0.4 is 0 Å². The Hall–Kier alpha value is -2.35. The summed E-state index contributed by atoms with van der Waals surface area (Å²) >= 11 is 1.27. The van der Waals surface area contributed by atoms with Crippen LogP contribution in [0.5, 0.6) is 0 Å². The zero-order chi connectivity index (χ0) is 22.4. The predicted molar refractivity (Wildman–Crippen MR) is 113 cm³/mol. The van der Waals surface area contributed by atoms with Crippen molar-refractivity contribution in [3.8, 4) is 0 Å². The number of halogens is 3. The number of carboxylic acid groups (broad SMARTS) is 1. The minimum absolute atomic E-state index is 0.153. The summed E-state index contributed by atoms with van der Waals surface area (Å²) in [5.74, 6) is -0.767. The lowest BCUT2D eigenvalue weighted by atomic mass is 10.0. The molecule has 0 unspecified atom stereocenters. The fourth-order valence-corrected chi connectivity index (χ4v) is 4.95. The van der Waals surface area contributed by atoms with Gasteiger partial charge in [-0.1, -0.05) is 24.6 Å². The molecule has 1 aliphatic rings. The largest absolute Gasteiger partial charge is 0.477 e. The molecule has 0 bridgehead atoms. The van der Waals surface area contributed by atoms with Crippen LogP contribution in [0.1, 0.15) is 64.2 Å². The molecule has 3 rings (SSSR count). The Morgan fingerprint density at radius 3 is 2.65 bits per heavy atom. The first-order chi connectivity index (χ1) is 14.7. The maximum Gasteiger partial charge on any atom is 0.416 e. The average Bonchev–Trinajstić information content (AvgIpc) is 3.33. The Balaban J connectivity index is 1.42. The summed E-state index contributed by atoms with van der Waals surface area (Å²) in [7, 11) is 0. The molecule has 0 radical (unpaired) electrons. The number of rotatable bonds is 10. The van der Waals surface area contributed by atoms with Crippen LogP contribution >= 0.6 is 11.3 Å². The quantitative estimate of drug-likeness (QED) is 0.463. The Kier molecular flexibility index (Phi) is 7.75. The summed E-state index contributed by atoms with van der Waals surface area (Å²) in [5, 5.41) is 9.00. The van der Waals surface area contributed by atoms with Gasteiger partial charge >= 0.3 is 12.1 Å². The number of aryl methyl sites for hydroxylation is 2. The van der Waals surface area contributed by atoms with Gasteiger partial charge in [0.25, 0.3) is 0 Å². The number of benzene rings is 1. The number of amides is 1. The monoisotopic (exact) mass is 453 g/mol. The lowest BCUT2D eigenvalue weighted by Crippen LogP contribution is -2.34. The molecule has 1 saturated heterocycles. The van der Waals surface area contributed by atoms with Gasteiger partial charge in [0.2, 0.25) is 5.91 Å². The molecule has 1 aromatic heterocycles. The maximum atomic E-state index is 12.8. The van der Waals surface area contributed by atoms with Crippen LogP contribution in [0, 0.1) is 0 Å². The summed E-state index contributed by atoms with van der Waals surface area (Å²) in [6.07, 6.45) is 1.66. The normalized spacial score (nSPS) is 16.8. The highest BCUT2D eigenvalue weighted by Gasteiger charge is 2.31. The van der Waals surface area contributed by atoms with E-state index in [0.29, 0.717) is 29.8 Å². The van der Waals surface area contributed by atoms with Crippen molar-refractivity contribution in [2.75, 3.05) is 6.54 Å². The van der Waals surface area contributed by atoms with Crippen molar-refractivity contribution in [1.82, 2.24) is 4.90 Å². The minimum Gasteiger partial charge on any atom is -0.477 e. The van der Waals surface area contributed by atoms with Crippen LogP contribution in [-0.4, -0.2) is 34.5 Å². The first kappa shape index (κ1) is 23.3. The van der Waals surface area contributed by atoms with Crippen molar-refractivity contribution in [2.24, 2.45) is 0 Å². The average molecular weight is 454 g/mol.